The second-order valence-corrected chi connectivity index (χ2v) is 7.99. The second kappa shape index (κ2) is 7.56. The third kappa shape index (κ3) is 3.16. The predicted molar refractivity (Wildman–Crippen MR) is 120 cm³/mol. The minimum Gasteiger partial charge on any atom is -0.378 e. The number of hydrogen-bond acceptors (Lipinski definition) is 5. The zero-order valence-corrected chi connectivity index (χ0v) is 17.4. The van der Waals surface area contributed by atoms with Crippen molar-refractivity contribution in [3.05, 3.63) is 90.5 Å². The first-order valence-corrected chi connectivity index (χ1v) is 10.3. The first-order valence-electron chi connectivity index (χ1n) is 10.3. The zero-order valence-electron chi connectivity index (χ0n) is 17.4. The van der Waals surface area contributed by atoms with Gasteiger partial charge in [0.15, 0.2) is 6.10 Å². The van der Waals surface area contributed by atoms with Crippen LogP contribution in [0.3, 0.4) is 0 Å². The highest BCUT2D eigenvalue weighted by atomic mass is 16.7. The molecular formula is C25H23N3O3. The largest absolute Gasteiger partial charge is 0.378 e. The van der Waals surface area contributed by atoms with Crippen LogP contribution in [0.1, 0.15) is 11.6 Å². The number of para-hydroxylation sites is 2. The number of fused-ring (bicyclic) bond motifs is 1. The van der Waals surface area contributed by atoms with Crippen LogP contribution in [0.5, 0.6) is 0 Å². The molecule has 6 heteroatoms. The number of nitrogens with zero attached hydrogens (tertiary/aromatic N) is 3. The Balaban J connectivity index is 1.57. The van der Waals surface area contributed by atoms with Gasteiger partial charge in [0.05, 0.1) is 17.4 Å². The van der Waals surface area contributed by atoms with Gasteiger partial charge in [0.1, 0.15) is 5.92 Å². The van der Waals surface area contributed by atoms with Crippen molar-refractivity contribution >= 4 is 28.9 Å². The Kier molecular flexibility index (Phi) is 4.71. The Hall–Kier alpha value is -3.64. The summed E-state index contributed by atoms with van der Waals surface area (Å²) in [6.45, 7) is 0. The molecule has 5 rings (SSSR count). The van der Waals surface area contributed by atoms with Crippen molar-refractivity contribution in [3.8, 4) is 0 Å². The number of hydroxylamine groups is 1. The van der Waals surface area contributed by atoms with Gasteiger partial charge in [0.25, 0.3) is 5.91 Å². The monoisotopic (exact) mass is 413 g/mol. The van der Waals surface area contributed by atoms with E-state index in [1.165, 1.54) is 4.90 Å². The van der Waals surface area contributed by atoms with E-state index in [-0.39, 0.29) is 11.8 Å². The molecule has 0 bridgehead atoms. The van der Waals surface area contributed by atoms with Gasteiger partial charge in [0, 0.05) is 19.8 Å². The van der Waals surface area contributed by atoms with E-state index in [0.717, 1.165) is 16.9 Å². The molecule has 6 nitrogen and oxygen atoms in total. The van der Waals surface area contributed by atoms with Gasteiger partial charge in [-0.05, 0) is 42.0 Å². The number of carbonyl (C=O) groups excluding carboxylic acids is 2. The van der Waals surface area contributed by atoms with Crippen molar-refractivity contribution in [1.82, 2.24) is 0 Å². The lowest BCUT2D eigenvalue weighted by Gasteiger charge is -2.29. The van der Waals surface area contributed by atoms with Crippen LogP contribution in [0.25, 0.3) is 0 Å². The molecule has 3 aromatic carbocycles. The fourth-order valence-corrected chi connectivity index (χ4v) is 4.35. The molecule has 0 N–H and O–H groups in total. The van der Waals surface area contributed by atoms with Crippen LogP contribution < -0.4 is 14.9 Å². The number of benzene rings is 3. The average molecular weight is 413 g/mol. The summed E-state index contributed by atoms with van der Waals surface area (Å²) in [5.74, 6) is -1.19. The normalized spacial score (nSPS) is 22.7. The summed E-state index contributed by atoms with van der Waals surface area (Å²) < 4.78 is 0. The van der Waals surface area contributed by atoms with Crippen molar-refractivity contribution in [2.75, 3.05) is 29.0 Å². The molecule has 0 aromatic heterocycles. The Morgan fingerprint density at radius 3 is 1.90 bits per heavy atom. The van der Waals surface area contributed by atoms with E-state index in [4.69, 9.17) is 4.84 Å². The molecule has 2 saturated heterocycles. The zero-order chi connectivity index (χ0) is 21.5. The molecule has 3 atom stereocenters. The van der Waals surface area contributed by atoms with E-state index in [0.29, 0.717) is 5.69 Å². The first kappa shape index (κ1) is 19.3. The van der Waals surface area contributed by atoms with Crippen molar-refractivity contribution in [2.24, 2.45) is 5.92 Å². The van der Waals surface area contributed by atoms with Crippen molar-refractivity contribution in [2.45, 2.75) is 12.1 Å². The summed E-state index contributed by atoms with van der Waals surface area (Å²) in [6.07, 6.45) is -0.855. The molecule has 2 heterocycles. The smallest absolute Gasteiger partial charge is 0.266 e. The Bertz CT molecular complexity index is 1100. The number of amides is 2. The third-order valence-corrected chi connectivity index (χ3v) is 5.89. The Labute approximate surface area is 181 Å². The van der Waals surface area contributed by atoms with E-state index in [1.807, 2.05) is 91.8 Å². The summed E-state index contributed by atoms with van der Waals surface area (Å²) in [6, 6.07) is 26.3. The first-order chi connectivity index (χ1) is 15.1. The molecule has 0 radical (unpaired) electrons. The van der Waals surface area contributed by atoms with Gasteiger partial charge in [0.2, 0.25) is 5.91 Å². The topological polar surface area (TPSA) is 53.1 Å². The summed E-state index contributed by atoms with van der Waals surface area (Å²) in [7, 11) is 3.97. The molecule has 0 spiro atoms. The van der Waals surface area contributed by atoms with Crippen LogP contribution in [-0.4, -0.2) is 32.0 Å². The Morgan fingerprint density at radius 1 is 0.742 bits per heavy atom. The number of rotatable bonds is 4. The average Bonchev–Trinajstić information content (AvgIpc) is 3.31. The minimum atomic E-state index is -0.855. The number of anilines is 3. The number of hydrogen-bond donors (Lipinski definition) is 0. The summed E-state index contributed by atoms with van der Waals surface area (Å²) in [5.41, 5.74) is 3.37. The van der Waals surface area contributed by atoms with Crippen LogP contribution in [0.15, 0.2) is 84.9 Å². The standard InChI is InChI=1S/C25H23N3O3/c1-26(2)18-15-13-17(14-16-18)22-21-23(31-28(22)20-11-7-4-8-12-20)25(30)27(24(21)29)19-9-5-3-6-10-19/h3-16,21-23H,1-2H3/t21-,22-,23+/m0/s1. The van der Waals surface area contributed by atoms with E-state index < -0.39 is 18.1 Å². The van der Waals surface area contributed by atoms with E-state index >= 15 is 0 Å². The molecule has 2 aliphatic heterocycles. The van der Waals surface area contributed by atoms with Gasteiger partial charge in [-0.15, -0.1) is 0 Å². The summed E-state index contributed by atoms with van der Waals surface area (Å²) in [4.78, 5) is 36.2. The molecule has 0 saturated carbocycles. The fourth-order valence-electron chi connectivity index (χ4n) is 4.35. The fraction of sp³-hybridized carbons (Fsp3) is 0.200. The highest BCUT2D eigenvalue weighted by Gasteiger charge is 2.60. The van der Waals surface area contributed by atoms with Gasteiger partial charge >= 0.3 is 0 Å². The van der Waals surface area contributed by atoms with E-state index in [1.54, 1.807) is 17.2 Å². The van der Waals surface area contributed by atoms with Crippen LogP contribution in [-0.2, 0) is 14.4 Å². The lowest BCUT2D eigenvalue weighted by atomic mass is 9.90. The summed E-state index contributed by atoms with van der Waals surface area (Å²) >= 11 is 0. The van der Waals surface area contributed by atoms with Crippen LogP contribution in [0.4, 0.5) is 17.1 Å². The van der Waals surface area contributed by atoms with Crippen LogP contribution >= 0.6 is 0 Å². The highest BCUT2D eigenvalue weighted by Crippen LogP contribution is 2.47. The Morgan fingerprint density at radius 2 is 1.32 bits per heavy atom. The summed E-state index contributed by atoms with van der Waals surface area (Å²) in [5, 5.41) is 1.72. The second-order valence-electron chi connectivity index (χ2n) is 7.99. The quantitative estimate of drug-likeness (QED) is 0.609. The van der Waals surface area contributed by atoms with Gasteiger partial charge in [-0.25, -0.2) is 9.96 Å². The molecule has 31 heavy (non-hydrogen) atoms. The number of carbonyl (C=O) groups is 2. The SMILES string of the molecule is CN(C)c1ccc([C@H]2[C@@H]3C(=O)N(c4ccccc4)C(=O)[C@@H]3ON2c2ccccc2)cc1. The minimum absolute atomic E-state index is 0.235. The maximum atomic E-state index is 13.5. The van der Waals surface area contributed by atoms with Crippen molar-refractivity contribution in [3.63, 3.8) is 0 Å². The molecule has 2 aliphatic rings. The van der Waals surface area contributed by atoms with Crippen LogP contribution in [0.2, 0.25) is 0 Å². The maximum absolute atomic E-state index is 13.5. The van der Waals surface area contributed by atoms with E-state index in [9.17, 15) is 9.59 Å². The molecule has 2 amide bonds. The highest BCUT2D eigenvalue weighted by molar-refractivity contribution is 6.23. The van der Waals surface area contributed by atoms with E-state index in [2.05, 4.69) is 0 Å². The van der Waals surface area contributed by atoms with Gasteiger partial charge < -0.3 is 4.90 Å². The third-order valence-electron chi connectivity index (χ3n) is 5.89. The maximum Gasteiger partial charge on any atom is 0.266 e. The predicted octanol–water partition coefficient (Wildman–Crippen LogP) is 3.80. The molecular weight excluding hydrogens is 390 g/mol. The molecule has 0 aliphatic carbocycles. The van der Waals surface area contributed by atoms with Gasteiger partial charge in [-0.1, -0.05) is 48.5 Å². The number of imide groups is 1. The molecule has 3 aromatic rings. The van der Waals surface area contributed by atoms with Crippen molar-refractivity contribution < 1.29 is 14.4 Å². The lowest BCUT2D eigenvalue weighted by molar-refractivity contribution is -0.126. The van der Waals surface area contributed by atoms with Crippen LogP contribution in [0, 0.1) is 5.92 Å². The van der Waals surface area contributed by atoms with Gasteiger partial charge in [-0.3, -0.25) is 14.4 Å². The lowest BCUT2D eigenvalue weighted by Crippen LogP contribution is -2.37. The van der Waals surface area contributed by atoms with Crippen molar-refractivity contribution in [1.29, 1.82) is 0 Å². The van der Waals surface area contributed by atoms with Gasteiger partial charge in [-0.2, -0.15) is 0 Å². The molecule has 2 fully saturated rings. The molecule has 156 valence electrons. The molecule has 0 unspecified atom stereocenters.